The molecule has 0 aromatic heterocycles. The Labute approximate surface area is 123 Å². The van der Waals surface area contributed by atoms with Crippen LogP contribution in [0.15, 0.2) is 30.3 Å². The third kappa shape index (κ3) is 2.94. The van der Waals surface area contributed by atoms with Crippen LogP contribution in [0.2, 0.25) is 5.02 Å². The minimum absolute atomic E-state index is 0.359. The molecular weight excluding hydrogens is 277 g/mol. The first-order valence-electron chi connectivity index (χ1n) is 6.38. The van der Waals surface area contributed by atoms with Gasteiger partial charge >= 0.3 is 0 Å². The zero-order chi connectivity index (χ0) is 14.9. The molecular formula is C16H17ClFNO. The molecule has 0 amide bonds. The summed E-state index contributed by atoms with van der Waals surface area (Å²) in [5.74, 6) is 0.761. The summed E-state index contributed by atoms with van der Waals surface area (Å²) in [6, 6.07) is 7.89. The van der Waals surface area contributed by atoms with Crippen LogP contribution in [-0.2, 0) is 0 Å². The van der Waals surface area contributed by atoms with Crippen molar-refractivity contribution in [3.63, 3.8) is 0 Å². The minimum Gasteiger partial charge on any atom is -0.456 e. The van der Waals surface area contributed by atoms with E-state index in [1.54, 1.807) is 19.1 Å². The van der Waals surface area contributed by atoms with Crippen molar-refractivity contribution in [1.29, 1.82) is 0 Å². The van der Waals surface area contributed by atoms with Crippen LogP contribution >= 0.6 is 11.6 Å². The topological polar surface area (TPSA) is 35.2 Å². The molecule has 2 aromatic carbocycles. The van der Waals surface area contributed by atoms with Crippen molar-refractivity contribution in [2.24, 2.45) is 5.73 Å². The summed E-state index contributed by atoms with van der Waals surface area (Å²) in [5, 5.41) is 0.652. The van der Waals surface area contributed by atoms with Crippen molar-refractivity contribution in [3.8, 4) is 11.5 Å². The fourth-order valence-corrected chi connectivity index (χ4v) is 2.54. The summed E-state index contributed by atoms with van der Waals surface area (Å²) in [5.41, 5.74) is 8.00. The number of halogens is 2. The zero-order valence-corrected chi connectivity index (χ0v) is 12.5. The summed E-state index contributed by atoms with van der Waals surface area (Å²) in [6.45, 7) is 5.53. The quantitative estimate of drug-likeness (QED) is 0.873. The lowest BCUT2D eigenvalue weighted by Gasteiger charge is -2.17. The van der Waals surface area contributed by atoms with Crippen LogP contribution in [-0.4, -0.2) is 0 Å². The molecule has 0 heterocycles. The van der Waals surface area contributed by atoms with Gasteiger partial charge in [0.05, 0.1) is 0 Å². The second-order valence-electron chi connectivity index (χ2n) is 4.91. The van der Waals surface area contributed by atoms with Crippen LogP contribution in [0, 0.1) is 19.7 Å². The molecule has 1 atom stereocenters. The molecule has 4 heteroatoms. The van der Waals surface area contributed by atoms with Crippen molar-refractivity contribution < 1.29 is 9.13 Å². The first-order valence-corrected chi connectivity index (χ1v) is 6.76. The lowest BCUT2D eigenvalue weighted by Crippen LogP contribution is -2.09. The maximum atomic E-state index is 13.9. The number of ether oxygens (including phenoxy) is 1. The Morgan fingerprint density at radius 2 is 1.80 bits per heavy atom. The monoisotopic (exact) mass is 293 g/mol. The van der Waals surface area contributed by atoms with E-state index in [0.29, 0.717) is 22.1 Å². The third-order valence-electron chi connectivity index (χ3n) is 3.11. The normalized spacial score (nSPS) is 12.3. The molecule has 0 saturated heterocycles. The molecule has 0 aliphatic carbocycles. The van der Waals surface area contributed by atoms with Crippen molar-refractivity contribution in [3.05, 3.63) is 57.9 Å². The van der Waals surface area contributed by atoms with Gasteiger partial charge in [0, 0.05) is 16.6 Å². The molecule has 0 fully saturated rings. The van der Waals surface area contributed by atoms with E-state index in [1.165, 1.54) is 6.07 Å². The number of nitrogens with two attached hydrogens (primary N) is 1. The summed E-state index contributed by atoms with van der Waals surface area (Å²) in [6.07, 6.45) is 0. The summed E-state index contributed by atoms with van der Waals surface area (Å²) in [4.78, 5) is 0. The molecule has 0 radical (unpaired) electrons. The number of hydrogen-bond donors (Lipinski definition) is 1. The standard InChI is InChI=1S/C16H17ClFNO/c1-9-7-12(17)8-10(2)16(9)20-14-6-4-5-13(18)15(14)11(3)19/h4-8,11H,19H2,1-3H3/t11-/m1/s1. The molecule has 0 saturated carbocycles. The van der Waals surface area contributed by atoms with Crippen LogP contribution in [0.3, 0.4) is 0 Å². The lowest BCUT2D eigenvalue weighted by atomic mass is 10.1. The number of aryl methyl sites for hydroxylation is 2. The maximum absolute atomic E-state index is 13.9. The predicted molar refractivity (Wildman–Crippen MR) is 80.0 cm³/mol. The van der Waals surface area contributed by atoms with Crippen molar-refractivity contribution in [2.45, 2.75) is 26.8 Å². The van der Waals surface area contributed by atoms with E-state index in [2.05, 4.69) is 0 Å². The maximum Gasteiger partial charge on any atom is 0.135 e. The summed E-state index contributed by atoms with van der Waals surface area (Å²) < 4.78 is 19.8. The molecule has 2 N–H and O–H groups in total. The van der Waals surface area contributed by atoms with Gasteiger partial charge in [0.25, 0.3) is 0 Å². The van der Waals surface area contributed by atoms with Crippen LogP contribution in [0.5, 0.6) is 11.5 Å². The van der Waals surface area contributed by atoms with Gasteiger partial charge in [-0.2, -0.15) is 0 Å². The van der Waals surface area contributed by atoms with Gasteiger partial charge in [-0.1, -0.05) is 17.7 Å². The molecule has 2 nitrogen and oxygen atoms in total. The van der Waals surface area contributed by atoms with Crippen molar-refractivity contribution in [2.75, 3.05) is 0 Å². The average molecular weight is 294 g/mol. The second kappa shape index (κ2) is 5.81. The Kier molecular flexibility index (Phi) is 4.31. The van der Waals surface area contributed by atoms with E-state index in [1.807, 2.05) is 26.0 Å². The van der Waals surface area contributed by atoms with E-state index < -0.39 is 6.04 Å². The minimum atomic E-state index is -0.445. The Hall–Kier alpha value is -1.58. The van der Waals surface area contributed by atoms with E-state index in [0.717, 1.165) is 11.1 Å². The van der Waals surface area contributed by atoms with Gasteiger partial charge in [0.15, 0.2) is 0 Å². The molecule has 0 spiro atoms. The molecule has 2 rings (SSSR count). The largest absolute Gasteiger partial charge is 0.456 e. The number of rotatable bonds is 3. The molecule has 0 bridgehead atoms. The average Bonchev–Trinajstić information content (AvgIpc) is 2.33. The van der Waals surface area contributed by atoms with Gasteiger partial charge in [-0.25, -0.2) is 4.39 Å². The van der Waals surface area contributed by atoms with E-state index in [4.69, 9.17) is 22.1 Å². The summed E-state index contributed by atoms with van der Waals surface area (Å²) >= 11 is 6.00. The van der Waals surface area contributed by atoms with Gasteiger partial charge in [0.2, 0.25) is 0 Å². The highest BCUT2D eigenvalue weighted by molar-refractivity contribution is 6.30. The fourth-order valence-electron chi connectivity index (χ4n) is 2.22. The molecule has 0 aliphatic rings. The van der Waals surface area contributed by atoms with Gasteiger partial charge < -0.3 is 10.5 Å². The fraction of sp³-hybridized carbons (Fsp3) is 0.250. The van der Waals surface area contributed by atoms with Crippen LogP contribution < -0.4 is 10.5 Å². The van der Waals surface area contributed by atoms with Gasteiger partial charge in [-0.15, -0.1) is 0 Å². The first-order chi connectivity index (χ1) is 9.40. The van der Waals surface area contributed by atoms with E-state index in [9.17, 15) is 4.39 Å². The smallest absolute Gasteiger partial charge is 0.135 e. The van der Waals surface area contributed by atoms with Gasteiger partial charge in [-0.05, 0) is 56.2 Å². The van der Waals surface area contributed by atoms with Crippen molar-refractivity contribution >= 4 is 11.6 Å². The first kappa shape index (κ1) is 14.8. The Morgan fingerprint density at radius 1 is 1.20 bits per heavy atom. The van der Waals surface area contributed by atoms with Crippen LogP contribution in [0.25, 0.3) is 0 Å². The van der Waals surface area contributed by atoms with Crippen molar-refractivity contribution in [1.82, 2.24) is 0 Å². The second-order valence-corrected chi connectivity index (χ2v) is 5.35. The van der Waals surface area contributed by atoms with Gasteiger partial charge in [-0.3, -0.25) is 0 Å². The zero-order valence-electron chi connectivity index (χ0n) is 11.7. The molecule has 106 valence electrons. The van der Waals surface area contributed by atoms with Crippen LogP contribution in [0.4, 0.5) is 4.39 Å². The van der Waals surface area contributed by atoms with Gasteiger partial charge in [0.1, 0.15) is 17.3 Å². The summed E-state index contributed by atoms with van der Waals surface area (Å²) in [7, 11) is 0. The lowest BCUT2D eigenvalue weighted by molar-refractivity contribution is 0.454. The molecule has 0 aliphatic heterocycles. The highest BCUT2D eigenvalue weighted by Gasteiger charge is 2.16. The predicted octanol–water partition coefficient (Wildman–Crippen LogP) is 4.91. The Morgan fingerprint density at radius 3 is 2.35 bits per heavy atom. The Balaban J connectivity index is 2.48. The Bertz CT molecular complexity index is 617. The highest BCUT2D eigenvalue weighted by Crippen LogP contribution is 2.35. The number of benzene rings is 2. The SMILES string of the molecule is Cc1cc(Cl)cc(C)c1Oc1cccc(F)c1[C@@H](C)N. The highest BCUT2D eigenvalue weighted by atomic mass is 35.5. The van der Waals surface area contributed by atoms with E-state index >= 15 is 0 Å². The number of hydrogen-bond acceptors (Lipinski definition) is 2. The van der Waals surface area contributed by atoms with Crippen LogP contribution in [0.1, 0.15) is 29.7 Å². The molecule has 2 aromatic rings. The molecule has 0 unspecified atom stereocenters. The molecule has 20 heavy (non-hydrogen) atoms. The third-order valence-corrected chi connectivity index (χ3v) is 3.32. The van der Waals surface area contributed by atoms with E-state index in [-0.39, 0.29) is 5.82 Å².